The van der Waals surface area contributed by atoms with Crippen molar-refractivity contribution in [3.8, 4) is 11.5 Å². The number of rotatable bonds is 3. The molecule has 5 atom stereocenters. The van der Waals surface area contributed by atoms with Gasteiger partial charge in [0.2, 0.25) is 12.0 Å². The first-order valence-corrected chi connectivity index (χ1v) is 7.15. The molecule has 3 rings (SSSR count). The fourth-order valence-corrected chi connectivity index (χ4v) is 2.49. The minimum atomic E-state index is -1.66. The van der Waals surface area contributed by atoms with Crippen molar-refractivity contribution in [1.29, 1.82) is 0 Å². The predicted molar refractivity (Wildman–Crippen MR) is 78.5 cm³/mol. The Bertz CT molecular complexity index is 784. The smallest absolute Gasteiger partial charge is 0.336 e. The Hall–Kier alpha value is -2.17. The third-order valence-corrected chi connectivity index (χ3v) is 3.81. The fraction of sp³-hybridized carbons (Fsp3) is 0.400. The van der Waals surface area contributed by atoms with E-state index in [1.165, 1.54) is 24.3 Å². The Balaban J connectivity index is 1.98. The van der Waals surface area contributed by atoms with Crippen LogP contribution in [0.4, 0.5) is 0 Å². The third kappa shape index (κ3) is 2.83. The molecule has 0 saturated carbocycles. The van der Waals surface area contributed by atoms with E-state index in [-0.39, 0.29) is 17.1 Å². The van der Waals surface area contributed by atoms with Crippen molar-refractivity contribution in [2.45, 2.75) is 30.7 Å². The van der Waals surface area contributed by atoms with Crippen LogP contribution in [0.25, 0.3) is 11.0 Å². The van der Waals surface area contributed by atoms with Crippen molar-refractivity contribution in [2.75, 3.05) is 6.61 Å². The lowest BCUT2D eigenvalue weighted by molar-refractivity contribution is -0.277. The number of hydrogen-bond acceptors (Lipinski definition) is 9. The number of phenols is 1. The second kappa shape index (κ2) is 6.38. The van der Waals surface area contributed by atoms with Gasteiger partial charge in [0.1, 0.15) is 24.4 Å². The number of aromatic hydroxyl groups is 1. The largest absolute Gasteiger partial charge is 0.504 e. The summed E-state index contributed by atoms with van der Waals surface area (Å²) in [6, 6.07) is 5.44. The molecule has 1 aliphatic heterocycles. The SMILES string of the molecule is O=c1ccc2ccc(O)c(O[C@@H]3O[C@@H](CO)[C@@H](O)[C@@H](O)[C@@H]3O)c2o1. The highest BCUT2D eigenvalue weighted by Crippen LogP contribution is 2.36. The molecule has 1 fully saturated rings. The van der Waals surface area contributed by atoms with Gasteiger partial charge in [0.05, 0.1) is 6.61 Å². The lowest BCUT2D eigenvalue weighted by Crippen LogP contribution is -2.60. The minimum absolute atomic E-state index is 0.0699. The van der Waals surface area contributed by atoms with E-state index in [4.69, 9.17) is 19.0 Å². The summed E-state index contributed by atoms with van der Waals surface area (Å²) in [6.07, 6.45) is -7.51. The van der Waals surface area contributed by atoms with E-state index < -0.39 is 42.9 Å². The van der Waals surface area contributed by atoms with Crippen molar-refractivity contribution in [1.82, 2.24) is 0 Å². The molecule has 1 aromatic heterocycles. The van der Waals surface area contributed by atoms with Gasteiger partial charge < -0.3 is 39.4 Å². The molecule has 1 saturated heterocycles. The maximum absolute atomic E-state index is 11.4. The van der Waals surface area contributed by atoms with Crippen LogP contribution < -0.4 is 10.4 Å². The number of aliphatic hydroxyl groups excluding tert-OH is 4. The Morgan fingerprint density at radius 1 is 1.04 bits per heavy atom. The number of benzene rings is 1. The van der Waals surface area contributed by atoms with Crippen molar-refractivity contribution in [3.05, 3.63) is 34.7 Å². The zero-order chi connectivity index (χ0) is 17.4. The first kappa shape index (κ1) is 16.7. The quantitative estimate of drug-likeness (QED) is 0.429. The van der Waals surface area contributed by atoms with E-state index in [2.05, 4.69) is 0 Å². The van der Waals surface area contributed by atoms with E-state index in [1.54, 1.807) is 0 Å². The molecule has 24 heavy (non-hydrogen) atoms. The molecular formula is C15H16O9. The molecule has 2 aromatic rings. The van der Waals surface area contributed by atoms with Gasteiger partial charge in [0.15, 0.2) is 11.3 Å². The minimum Gasteiger partial charge on any atom is -0.504 e. The van der Waals surface area contributed by atoms with Gasteiger partial charge in [-0.25, -0.2) is 4.79 Å². The monoisotopic (exact) mass is 340 g/mol. The zero-order valence-electron chi connectivity index (χ0n) is 12.3. The first-order chi connectivity index (χ1) is 11.4. The molecular weight excluding hydrogens is 324 g/mol. The van der Waals surface area contributed by atoms with Crippen LogP contribution in [0, 0.1) is 0 Å². The van der Waals surface area contributed by atoms with Gasteiger partial charge in [-0.2, -0.15) is 0 Å². The maximum Gasteiger partial charge on any atom is 0.336 e. The summed E-state index contributed by atoms with van der Waals surface area (Å²) in [5.74, 6) is -0.650. The van der Waals surface area contributed by atoms with Gasteiger partial charge in [-0.05, 0) is 18.2 Å². The first-order valence-electron chi connectivity index (χ1n) is 7.15. The van der Waals surface area contributed by atoms with Gasteiger partial charge >= 0.3 is 5.63 Å². The van der Waals surface area contributed by atoms with Gasteiger partial charge in [0, 0.05) is 11.5 Å². The number of phenolic OH excluding ortho intramolecular Hbond substituents is 1. The van der Waals surface area contributed by atoms with E-state index in [1.807, 2.05) is 0 Å². The topological polar surface area (TPSA) is 150 Å². The molecule has 9 heteroatoms. The summed E-state index contributed by atoms with van der Waals surface area (Å²) < 4.78 is 15.6. The van der Waals surface area contributed by atoms with Crippen LogP contribution >= 0.6 is 0 Å². The fourth-order valence-electron chi connectivity index (χ4n) is 2.49. The molecule has 1 aliphatic rings. The molecule has 2 heterocycles. The van der Waals surface area contributed by atoms with Crippen LogP contribution in [-0.2, 0) is 4.74 Å². The summed E-state index contributed by atoms with van der Waals surface area (Å²) in [5, 5.41) is 49.1. The Morgan fingerprint density at radius 2 is 1.75 bits per heavy atom. The highest BCUT2D eigenvalue weighted by molar-refractivity contribution is 5.85. The number of fused-ring (bicyclic) bond motifs is 1. The van der Waals surface area contributed by atoms with Crippen LogP contribution in [-0.4, -0.2) is 62.8 Å². The number of aliphatic hydroxyl groups is 4. The lowest BCUT2D eigenvalue weighted by Gasteiger charge is -2.39. The highest BCUT2D eigenvalue weighted by atomic mass is 16.7. The van der Waals surface area contributed by atoms with Crippen molar-refractivity contribution < 1.29 is 39.4 Å². The second-order valence-electron chi connectivity index (χ2n) is 5.40. The zero-order valence-corrected chi connectivity index (χ0v) is 12.3. The lowest BCUT2D eigenvalue weighted by atomic mass is 9.99. The summed E-state index contributed by atoms with van der Waals surface area (Å²) in [5.41, 5.74) is -0.744. The van der Waals surface area contributed by atoms with E-state index in [0.717, 1.165) is 0 Å². The number of ether oxygens (including phenoxy) is 2. The van der Waals surface area contributed by atoms with Gasteiger partial charge in [-0.3, -0.25) is 0 Å². The maximum atomic E-state index is 11.4. The molecule has 0 aliphatic carbocycles. The number of hydrogen-bond donors (Lipinski definition) is 5. The van der Waals surface area contributed by atoms with Crippen LogP contribution in [0.1, 0.15) is 0 Å². The third-order valence-electron chi connectivity index (χ3n) is 3.81. The van der Waals surface area contributed by atoms with Gasteiger partial charge in [-0.1, -0.05) is 0 Å². The average molecular weight is 340 g/mol. The van der Waals surface area contributed by atoms with Crippen LogP contribution in [0.3, 0.4) is 0 Å². The van der Waals surface area contributed by atoms with Crippen LogP contribution in [0.2, 0.25) is 0 Å². The van der Waals surface area contributed by atoms with Crippen molar-refractivity contribution >= 4 is 11.0 Å². The molecule has 130 valence electrons. The van der Waals surface area contributed by atoms with E-state index in [9.17, 15) is 25.2 Å². The molecule has 5 N–H and O–H groups in total. The second-order valence-corrected chi connectivity index (χ2v) is 5.40. The Labute approximate surface area is 134 Å². The Morgan fingerprint density at radius 3 is 2.46 bits per heavy atom. The summed E-state index contributed by atoms with van der Waals surface area (Å²) >= 11 is 0. The van der Waals surface area contributed by atoms with E-state index >= 15 is 0 Å². The van der Waals surface area contributed by atoms with E-state index in [0.29, 0.717) is 5.39 Å². The Kier molecular flexibility index (Phi) is 4.43. The van der Waals surface area contributed by atoms with Crippen LogP contribution in [0.15, 0.2) is 33.5 Å². The summed E-state index contributed by atoms with van der Waals surface area (Å²) in [7, 11) is 0. The molecule has 0 radical (unpaired) electrons. The van der Waals surface area contributed by atoms with Gasteiger partial charge in [0.25, 0.3) is 0 Å². The average Bonchev–Trinajstić information content (AvgIpc) is 2.57. The summed E-state index contributed by atoms with van der Waals surface area (Å²) in [4.78, 5) is 11.4. The molecule has 0 spiro atoms. The molecule has 0 bridgehead atoms. The molecule has 0 amide bonds. The standard InChI is InChI=1S/C15H16O9/c16-5-8-10(19)11(20)12(21)15(22-8)24-14-7(17)3-1-6-2-4-9(18)23-13(6)14/h1-4,8,10-12,15-17,19-21H,5H2/t8-,10+,11+,12-,15-/m0/s1. The highest BCUT2D eigenvalue weighted by Gasteiger charge is 2.45. The van der Waals surface area contributed by atoms with Crippen molar-refractivity contribution in [2.24, 2.45) is 0 Å². The molecule has 0 unspecified atom stereocenters. The van der Waals surface area contributed by atoms with Crippen molar-refractivity contribution in [3.63, 3.8) is 0 Å². The van der Waals surface area contributed by atoms with Crippen LogP contribution in [0.5, 0.6) is 11.5 Å². The summed E-state index contributed by atoms with van der Waals surface area (Å²) in [6.45, 7) is -0.624. The van der Waals surface area contributed by atoms with Gasteiger partial charge in [-0.15, -0.1) is 0 Å². The molecule has 9 nitrogen and oxygen atoms in total. The normalized spacial score (nSPS) is 30.4. The molecule has 1 aromatic carbocycles. The predicted octanol–water partition coefficient (Wildman–Crippen LogP) is -1.32.